The fourth-order valence-corrected chi connectivity index (χ4v) is 2.97. The number of benzene rings is 2. The predicted octanol–water partition coefficient (Wildman–Crippen LogP) is 3.13. The molecule has 0 aliphatic rings. The van der Waals surface area contributed by atoms with Gasteiger partial charge in [-0.15, -0.1) is 0 Å². The molecular weight excluding hydrogens is 326 g/mol. The van der Waals surface area contributed by atoms with Gasteiger partial charge in [-0.2, -0.15) is 0 Å². The number of likely N-dealkylation sites (N-methyl/N-ethyl adjacent to an activating group) is 1. The van der Waals surface area contributed by atoms with Crippen molar-refractivity contribution >= 4 is 16.8 Å². The molecule has 5 nitrogen and oxygen atoms in total. The van der Waals surface area contributed by atoms with Crippen molar-refractivity contribution < 1.29 is 4.79 Å². The maximum atomic E-state index is 12.7. The largest absolute Gasteiger partial charge is 0.335 e. The number of rotatable bonds is 5. The van der Waals surface area contributed by atoms with Crippen molar-refractivity contribution in [3.05, 3.63) is 75.3 Å². The summed E-state index contributed by atoms with van der Waals surface area (Å²) < 4.78 is 0. The molecule has 0 saturated carbocycles. The average Bonchev–Trinajstić information content (AvgIpc) is 2.62. The molecule has 0 atom stereocenters. The topological polar surface area (TPSA) is 66.1 Å². The van der Waals surface area contributed by atoms with Crippen molar-refractivity contribution in [1.29, 1.82) is 0 Å². The summed E-state index contributed by atoms with van der Waals surface area (Å²) >= 11 is 0. The maximum Gasteiger partial charge on any atom is 0.258 e. The van der Waals surface area contributed by atoms with Gasteiger partial charge in [0.2, 0.25) is 5.91 Å². The van der Waals surface area contributed by atoms with Gasteiger partial charge < -0.3 is 9.88 Å². The Hall–Kier alpha value is -2.95. The fraction of sp³-hybridized carbons (Fsp3) is 0.286. The van der Waals surface area contributed by atoms with Crippen molar-refractivity contribution in [2.24, 2.45) is 0 Å². The molecule has 0 aliphatic carbocycles. The molecule has 1 heterocycles. The van der Waals surface area contributed by atoms with Gasteiger partial charge in [-0.25, -0.2) is 4.98 Å². The summed E-state index contributed by atoms with van der Waals surface area (Å²) in [6, 6.07) is 13.3. The quantitative estimate of drug-likeness (QED) is 0.769. The number of H-pyrrole nitrogens is 1. The number of amides is 1. The third-order valence-electron chi connectivity index (χ3n) is 4.66. The molecule has 0 unspecified atom stereocenters. The summed E-state index contributed by atoms with van der Waals surface area (Å²) in [5.74, 6) is 0.524. The van der Waals surface area contributed by atoms with Gasteiger partial charge in [-0.3, -0.25) is 9.59 Å². The van der Waals surface area contributed by atoms with E-state index in [-0.39, 0.29) is 11.5 Å². The Labute approximate surface area is 152 Å². The number of nitrogens with one attached hydrogen (secondary N) is 1. The first-order valence-corrected chi connectivity index (χ1v) is 8.79. The minimum atomic E-state index is -0.178. The Morgan fingerprint density at radius 3 is 2.62 bits per heavy atom. The van der Waals surface area contributed by atoms with Gasteiger partial charge in [-0.05, 0) is 49.6 Å². The van der Waals surface area contributed by atoms with Crippen molar-refractivity contribution in [2.75, 3.05) is 6.54 Å². The number of aryl methyl sites for hydroxylation is 2. The van der Waals surface area contributed by atoms with Crippen molar-refractivity contribution in [3.8, 4) is 0 Å². The van der Waals surface area contributed by atoms with E-state index in [1.807, 2.05) is 38.1 Å². The molecule has 0 bridgehead atoms. The third kappa shape index (κ3) is 3.82. The standard InChI is InChI=1S/C21H23N3O2/c1-4-24(20(25)12-16-10-9-14(2)15(3)11-16)13-19-22-18-8-6-5-7-17(18)21(26)23-19/h5-11H,4,12-13H2,1-3H3,(H,22,23,26). The van der Waals surface area contributed by atoms with Crippen LogP contribution < -0.4 is 5.56 Å². The highest BCUT2D eigenvalue weighted by Crippen LogP contribution is 2.12. The van der Waals surface area contributed by atoms with E-state index in [9.17, 15) is 9.59 Å². The Morgan fingerprint density at radius 2 is 1.88 bits per heavy atom. The van der Waals surface area contributed by atoms with E-state index in [1.54, 1.807) is 17.0 Å². The Morgan fingerprint density at radius 1 is 1.12 bits per heavy atom. The van der Waals surface area contributed by atoms with E-state index in [0.717, 1.165) is 5.56 Å². The Bertz CT molecular complexity index is 1010. The molecule has 1 N–H and O–H groups in total. The van der Waals surface area contributed by atoms with Crippen LogP contribution in [0.25, 0.3) is 10.9 Å². The van der Waals surface area contributed by atoms with Crippen molar-refractivity contribution in [2.45, 2.75) is 33.7 Å². The molecule has 3 aromatic rings. The van der Waals surface area contributed by atoms with Gasteiger partial charge in [-0.1, -0.05) is 30.3 Å². The lowest BCUT2D eigenvalue weighted by Crippen LogP contribution is -2.33. The van der Waals surface area contributed by atoms with E-state index in [1.165, 1.54) is 11.1 Å². The van der Waals surface area contributed by atoms with E-state index in [2.05, 4.69) is 23.0 Å². The first-order valence-electron chi connectivity index (χ1n) is 8.79. The van der Waals surface area contributed by atoms with Gasteiger partial charge in [0, 0.05) is 6.54 Å². The molecule has 26 heavy (non-hydrogen) atoms. The number of aromatic amines is 1. The molecule has 0 aliphatic heterocycles. The summed E-state index contributed by atoms with van der Waals surface area (Å²) in [4.78, 5) is 33.9. The molecule has 0 saturated heterocycles. The van der Waals surface area contributed by atoms with Gasteiger partial charge in [0.1, 0.15) is 5.82 Å². The van der Waals surface area contributed by atoms with Crippen LogP contribution >= 0.6 is 0 Å². The minimum Gasteiger partial charge on any atom is -0.335 e. The molecule has 1 amide bonds. The molecule has 134 valence electrons. The van der Waals surface area contributed by atoms with Gasteiger partial charge >= 0.3 is 0 Å². The van der Waals surface area contributed by atoms with Crippen LogP contribution in [0.2, 0.25) is 0 Å². The molecule has 0 fully saturated rings. The van der Waals surface area contributed by atoms with E-state index in [0.29, 0.717) is 36.2 Å². The normalized spacial score (nSPS) is 10.9. The Balaban J connectivity index is 1.79. The van der Waals surface area contributed by atoms with Crippen molar-refractivity contribution in [3.63, 3.8) is 0 Å². The van der Waals surface area contributed by atoms with E-state index < -0.39 is 0 Å². The van der Waals surface area contributed by atoms with Crippen LogP contribution in [0.5, 0.6) is 0 Å². The van der Waals surface area contributed by atoms with E-state index in [4.69, 9.17) is 0 Å². The lowest BCUT2D eigenvalue weighted by atomic mass is 10.0. The van der Waals surface area contributed by atoms with Crippen LogP contribution in [-0.2, 0) is 17.8 Å². The number of aromatic nitrogens is 2. The monoisotopic (exact) mass is 349 g/mol. The van der Waals surface area contributed by atoms with Crippen LogP contribution in [0.15, 0.2) is 47.3 Å². The highest BCUT2D eigenvalue weighted by atomic mass is 16.2. The van der Waals surface area contributed by atoms with Crippen LogP contribution in [-0.4, -0.2) is 27.3 Å². The zero-order valence-electron chi connectivity index (χ0n) is 15.4. The SMILES string of the molecule is CCN(Cc1nc2ccccc2c(=O)[nH]1)C(=O)Cc1ccc(C)c(C)c1. The molecule has 0 spiro atoms. The third-order valence-corrected chi connectivity index (χ3v) is 4.66. The lowest BCUT2D eigenvalue weighted by molar-refractivity contribution is -0.131. The molecule has 3 rings (SSSR count). The first kappa shape index (κ1) is 17.9. The minimum absolute atomic E-state index is 0.0200. The highest BCUT2D eigenvalue weighted by molar-refractivity contribution is 5.79. The lowest BCUT2D eigenvalue weighted by Gasteiger charge is -2.20. The predicted molar refractivity (Wildman–Crippen MR) is 103 cm³/mol. The molecule has 2 aromatic carbocycles. The molecule has 0 radical (unpaired) electrons. The number of carbonyl (C=O) groups is 1. The van der Waals surface area contributed by atoms with Gasteiger partial charge in [0.25, 0.3) is 5.56 Å². The number of hydrogen-bond acceptors (Lipinski definition) is 3. The summed E-state index contributed by atoms with van der Waals surface area (Å²) in [6.45, 7) is 6.88. The molecule has 1 aromatic heterocycles. The smallest absolute Gasteiger partial charge is 0.258 e. The zero-order chi connectivity index (χ0) is 18.7. The van der Waals surface area contributed by atoms with Crippen LogP contribution in [0.4, 0.5) is 0 Å². The summed E-state index contributed by atoms with van der Waals surface area (Å²) in [7, 11) is 0. The number of para-hydroxylation sites is 1. The summed E-state index contributed by atoms with van der Waals surface area (Å²) in [5.41, 5.74) is 3.86. The van der Waals surface area contributed by atoms with Gasteiger partial charge in [0.05, 0.1) is 23.9 Å². The number of hydrogen-bond donors (Lipinski definition) is 1. The van der Waals surface area contributed by atoms with Gasteiger partial charge in [0.15, 0.2) is 0 Å². The highest BCUT2D eigenvalue weighted by Gasteiger charge is 2.15. The second-order valence-electron chi connectivity index (χ2n) is 6.53. The van der Waals surface area contributed by atoms with Crippen molar-refractivity contribution in [1.82, 2.24) is 14.9 Å². The number of carbonyl (C=O) groups excluding carboxylic acids is 1. The van der Waals surface area contributed by atoms with Crippen LogP contribution in [0, 0.1) is 13.8 Å². The zero-order valence-corrected chi connectivity index (χ0v) is 15.4. The molecule has 5 heteroatoms. The Kier molecular flexibility index (Phi) is 5.16. The van der Waals surface area contributed by atoms with Crippen LogP contribution in [0.1, 0.15) is 29.4 Å². The second-order valence-corrected chi connectivity index (χ2v) is 6.53. The van der Waals surface area contributed by atoms with E-state index >= 15 is 0 Å². The average molecular weight is 349 g/mol. The second kappa shape index (κ2) is 7.52. The summed E-state index contributed by atoms with van der Waals surface area (Å²) in [6.07, 6.45) is 0.340. The fourth-order valence-electron chi connectivity index (χ4n) is 2.97. The maximum absolute atomic E-state index is 12.7. The number of fused-ring (bicyclic) bond motifs is 1. The first-order chi connectivity index (χ1) is 12.5. The molecular formula is C21H23N3O2. The van der Waals surface area contributed by atoms with Crippen LogP contribution in [0.3, 0.4) is 0 Å². The number of nitrogens with zero attached hydrogens (tertiary/aromatic N) is 2. The summed E-state index contributed by atoms with van der Waals surface area (Å²) in [5, 5.41) is 0.556.